The van der Waals surface area contributed by atoms with E-state index in [1.54, 1.807) is 0 Å². The Morgan fingerprint density at radius 3 is 2.64 bits per heavy atom. The van der Waals surface area contributed by atoms with E-state index in [1.165, 1.54) is 11.1 Å². The van der Waals surface area contributed by atoms with Crippen LogP contribution in [-0.2, 0) is 20.4 Å². The maximum Gasteiger partial charge on any atom is 0.407 e. The zero-order chi connectivity index (χ0) is 19.7. The number of carbonyl (C=O) groups excluding carboxylic acids is 2. The van der Waals surface area contributed by atoms with Gasteiger partial charge in [-0.25, -0.2) is 4.79 Å². The average Bonchev–Trinajstić information content (AvgIpc) is 3.05. The van der Waals surface area contributed by atoms with Gasteiger partial charge in [0.15, 0.2) is 0 Å². The smallest absolute Gasteiger partial charge is 0.407 e. The van der Waals surface area contributed by atoms with Crippen LogP contribution in [0, 0.1) is 17.3 Å². The van der Waals surface area contributed by atoms with E-state index in [4.69, 9.17) is 4.74 Å². The van der Waals surface area contributed by atoms with Gasteiger partial charge in [0.25, 0.3) is 0 Å². The lowest BCUT2D eigenvalue weighted by Crippen LogP contribution is -2.58. The Labute approximate surface area is 165 Å². The van der Waals surface area contributed by atoms with Crippen molar-refractivity contribution in [2.75, 3.05) is 13.2 Å². The monoisotopic (exact) mass is 380 g/mol. The van der Waals surface area contributed by atoms with Gasteiger partial charge >= 0.3 is 6.09 Å². The van der Waals surface area contributed by atoms with Crippen LogP contribution in [0.1, 0.15) is 51.7 Å². The molecule has 4 atom stereocenters. The molecule has 6 fully saturated rings. The van der Waals surface area contributed by atoms with Crippen LogP contribution in [0.2, 0.25) is 0 Å². The third-order valence-electron chi connectivity index (χ3n) is 8.65. The van der Waals surface area contributed by atoms with Crippen molar-refractivity contribution < 1.29 is 14.3 Å². The number of piperidine rings is 1. The van der Waals surface area contributed by atoms with Crippen LogP contribution in [0.5, 0.6) is 0 Å². The standard InChI is InChI=1S/C23H28N2O3/c1-20(2,3)14-6-5-7-15(8-14)23-16-11-25(18(23)21(16,23)4)17(26)13-9-22(10-13)12-28-19(27)24-22/h5-8,13,16,18H,9-12H2,1-4H3,(H,24,27)/t13-,16-,18?,21-,22+,23-/m0/s1. The van der Waals surface area contributed by atoms with Crippen molar-refractivity contribution in [2.24, 2.45) is 17.3 Å². The molecule has 1 unspecified atom stereocenters. The second-order valence-electron chi connectivity index (χ2n) is 11.0. The number of benzene rings is 1. The number of nitrogens with zero attached hydrogens (tertiary/aromatic N) is 1. The predicted octanol–water partition coefficient (Wildman–Crippen LogP) is 2.97. The largest absolute Gasteiger partial charge is 0.447 e. The molecule has 5 heteroatoms. The predicted molar refractivity (Wildman–Crippen MR) is 104 cm³/mol. The van der Waals surface area contributed by atoms with Crippen LogP contribution < -0.4 is 5.32 Å². The fourth-order valence-electron chi connectivity index (χ4n) is 7.04. The maximum absolute atomic E-state index is 13.2. The Kier molecular flexibility index (Phi) is 2.76. The minimum Gasteiger partial charge on any atom is -0.447 e. The molecule has 3 aliphatic heterocycles. The second-order valence-corrected chi connectivity index (χ2v) is 11.0. The fraction of sp³-hybridized carbons (Fsp3) is 0.652. The average molecular weight is 380 g/mol. The molecule has 7 rings (SSSR count). The molecule has 0 radical (unpaired) electrons. The van der Waals surface area contributed by atoms with E-state index in [9.17, 15) is 9.59 Å². The molecule has 3 heterocycles. The molecule has 1 aromatic rings. The first kappa shape index (κ1) is 16.9. The normalized spacial score (nSPS) is 44.6. The van der Waals surface area contributed by atoms with Gasteiger partial charge in [-0.3, -0.25) is 4.79 Å². The van der Waals surface area contributed by atoms with E-state index in [2.05, 4.69) is 62.2 Å². The van der Waals surface area contributed by atoms with Crippen LogP contribution >= 0.6 is 0 Å². The van der Waals surface area contributed by atoms with Crippen molar-refractivity contribution in [2.45, 2.75) is 62.9 Å². The lowest BCUT2D eigenvalue weighted by Gasteiger charge is -2.43. The Morgan fingerprint density at radius 2 is 2.04 bits per heavy atom. The van der Waals surface area contributed by atoms with Crippen LogP contribution in [-0.4, -0.2) is 41.6 Å². The van der Waals surface area contributed by atoms with Crippen LogP contribution in [0.25, 0.3) is 0 Å². The molecule has 28 heavy (non-hydrogen) atoms. The van der Waals surface area contributed by atoms with Crippen molar-refractivity contribution in [3.63, 3.8) is 0 Å². The highest BCUT2D eigenvalue weighted by Crippen LogP contribution is 2.94. The number of rotatable bonds is 2. The molecule has 6 aliphatic rings. The molecule has 3 aliphatic carbocycles. The van der Waals surface area contributed by atoms with Gasteiger partial charge in [-0.1, -0.05) is 52.0 Å². The summed E-state index contributed by atoms with van der Waals surface area (Å²) in [4.78, 5) is 26.7. The van der Waals surface area contributed by atoms with Gasteiger partial charge in [0.05, 0.1) is 5.54 Å². The van der Waals surface area contributed by atoms with E-state index < -0.39 is 0 Å². The second kappa shape index (κ2) is 4.58. The topological polar surface area (TPSA) is 58.6 Å². The SMILES string of the molecule is CC(C)(C)c1cccc([C@@]23C4N(C(=O)[C@H]5C[C@]6(COC(=O)N6)C5)C[C@H]2[C@@]43C)c1. The molecular formula is C23H28N2O3. The van der Waals surface area contributed by atoms with Gasteiger partial charge in [0.1, 0.15) is 6.61 Å². The highest BCUT2D eigenvalue weighted by atomic mass is 16.6. The number of amides is 2. The van der Waals surface area contributed by atoms with E-state index in [-0.39, 0.29) is 39.7 Å². The van der Waals surface area contributed by atoms with Crippen molar-refractivity contribution >= 4 is 12.0 Å². The van der Waals surface area contributed by atoms with Crippen molar-refractivity contribution in [3.8, 4) is 0 Å². The minimum atomic E-state index is -0.344. The number of ether oxygens (including phenoxy) is 1. The molecule has 0 aromatic heterocycles. The van der Waals surface area contributed by atoms with Crippen LogP contribution in [0.3, 0.4) is 0 Å². The summed E-state index contributed by atoms with van der Waals surface area (Å²) in [6.07, 6.45) is 1.09. The molecule has 2 bridgehead atoms. The van der Waals surface area contributed by atoms with Gasteiger partial charge in [-0.05, 0) is 35.3 Å². The van der Waals surface area contributed by atoms with Crippen molar-refractivity contribution in [1.82, 2.24) is 10.2 Å². The molecule has 3 saturated carbocycles. The molecule has 3 saturated heterocycles. The highest BCUT2D eigenvalue weighted by molar-refractivity contribution is 5.86. The Balaban J connectivity index is 1.21. The van der Waals surface area contributed by atoms with E-state index >= 15 is 0 Å². The number of alkyl carbamates (subject to hydrolysis) is 1. The zero-order valence-corrected chi connectivity index (χ0v) is 17.0. The first-order valence-corrected chi connectivity index (χ1v) is 10.5. The molecule has 5 nitrogen and oxygen atoms in total. The van der Waals surface area contributed by atoms with Gasteiger partial charge in [0, 0.05) is 29.3 Å². The quantitative estimate of drug-likeness (QED) is 0.858. The van der Waals surface area contributed by atoms with E-state index in [0.717, 1.165) is 6.54 Å². The number of carbonyl (C=O) groups is 2. The summed E-state index contributed by atoms with van der Waals surface area (Å²) in [6.45, 7) is 10.4. The first-order chi connectivity index (χ1) is 13.1. The summed E-state index contributed by atoms with van der Waals surface area (Å²) >= 11 is 0. The number of hydrogen-bond acceptors (Lipinski definition) is 3. The molecule has 2 amide bonds. The molecular weight excluding hydrogens is 352 g/mol. The first-order valence-electron chi connectivity index (χ1n) is 10.5. The van der Waals surface area contributed by atoms with Crippen LogP contribution in [0.4, 0.5) is 4.79 Å². The molecule has 148 valence electrons. The third-order valence-corrected chi connectivity index (χ3v) is 8.65. The Morgan fingerprint density at radius 1 is 1.29 bits per heavy atom. The lowest BCUT2D eigenvalue weighted by atomic mass is 9.68. The molecule has 1 spiro atoms. The number of nitrogens with one attached hydrogen (secondary N) is 1. The van der Waals surface area contributed by atoms with E-state index in [1.807, 2.05) is 0 Å². The number of cyclic esters (lactones) is 1. The summed E-state index contributed by atoms with van der Waals surface area (Å²) in [5.74, 6) is 0.923. The van der Waals surface area contributed by atoms with Gasteiger partial charge < -0.3 is 15.0 Å². The summed E-state index contributed by atoms with van der Waals surface area (Å²) in [6, 6.07) is 9.42. The summed E-state index contributed by atoms with van der Waals surface area (Å²) in [7, 11) is 0. The third kappa shape index (κ3) is 1.71. The molecule has 1 aromatic carbocycles. The highest BCUT2D eigenvalue weighted by Gasteiger charge is 3.01. The van der Waals surface area contributed by atoms with Gasteiger partial charge in [0.2, 0.25) is 5.91 Å². The van der Waals surface area contributed by atoms with Gasteiger partial charge in [-0.2, -0.15) is 0 Å². The summed E-state index contributed by atoms with van der Waals surface area (Å²) in [5, 5.41) is 2.90. The maximum atomic E-state index is 13.2. The van der Waals surface area contributed by atoms with Crippen molar-refractivity contribution in [1.29, 1.82) is 0 Å². The minimum absolute atomic E-state index is 0.0299. The number of hydrogen-bond donors (Lipinski definition) is 1. The lowest BCUT2D eigenvalue weighted by molar-refractivity contribution is -0.140. The fourth-order valence-corrected chi connectivity index (χ4v) is 7.04. The summed E-state index contributed by atoms with van der Waals surface area (Å²) < 4.78 is 5.05. The van der Waals surface area contributed by atoms with Gasteiger partial charge in [-0.15, -0.1) is 0 Å². The number of fused-ring (bicyclic) bond motifs is 1. The molecule has 1 N–H and O–H groups in total. The Hall–Kier alpha value is -2.04. The summed E-state index contributed by atoms with van der Waals surface area (Å²) in [5.41, 5.74) is 3.11. The van der Waals surface area contributed by atoms with Crippen molar-refractivity contribution in [3.05, 3.63) is 35.4 Å². The van der Waals surface area contributed by atoms with E-state index in [0.29, 0.717) is 31.4 Å². The Bertz CT molecular complexity index is 928. The van der Waals surface area contributed by atoms with Crippen LogP contribution in [0.15, 0.2) is 24.3 Å². The zero-order valence-electron chi connectivity index (χ0n) is 17.0.